The summed E-state index contributed by atoms with van der Waals surface area (Å²) in [6.07, 6.45) is 6.12. The topological polar surface area (TPSA) is 58.9 Å². The SMILES string of the molecule is CC(C)(C)n1ncc2c(N3CC4CCC3CN4)ncnc21. The van der Waals surface area contributed by atoms with E-state index in [0.717, 1.165) is 29.9 Å². The first-order valence-electron chi connectivity index (χ1n) is 7.73. The van der Waals surface area contributed by atoms with Gasteiger partial charge < -0.3 is 10.2 Å². The molecule has 3 aliphatic rings. The number of nitrogens with one attached hydrogen (secondary N) is 1. The van der Waals surface area contributed by atoms with Crippen LogP contribution in [0, 0.1) is 0 Å². The highest BCUT2D eigenvalue weighted by atomic mass is 15.4. The molecule has 6 heteroatoms. The number of anilines is 1. The Morgan fingerprint density at radius 2 is 2.10 bits per heavy atom. The van der Waals surface area contributed by atoms with Crippen molar-refractivity contribution < 1.29 is 0 Å². The molecule has 2 aromatic heterocycles. The smallest absolute Gasteiger partial charge is 0.163 e. The molecule has 2 atom stereocenters. The molecule has 21 heavy (non-hydrogen) atoms. The molecule has 112 valence electrons. The standard InChI is InChI=1S/C15H22N6/c1-15(2,3)21-14-12(7-19-21)13(17-9-18-14)20-8-10-4-5-11(20)6-16-10/h7,9-11,16H,4-6,8H2,1-3H3. The lowest BCUT2D eigenvalue weighted by molar-refractivity contribution is 0.289. The van der Waals surface area contributed by atoms with Gasteiger partial charge in [0.2, 0.25) is 0 Å². The van der Waals surface area contributed by atoms with Crippen LogP contribution in [0.1, 0.15) is 33.6 Å². The monoisotopic (exact) mass is 286 g/mol. The first kappa shape index (κ1) is 13.0. The number of nitrogens with zero attached hydrogens (tertiary/aromatic N) is 5. The second-order valence-corrected chi connectivity index (χ2v) is 7.15. The van der Waals surface area contributed by atoms with E-state index in [9.17, 15) is 0 Å². The lowest BCUT2D eigenvalue weighted by atomic mass is 9.93. The van der Waals surface area contributed by atoms with E-state index in [1.54, 1.807) is 6.33 Å². The predicted octanol–water partition coefficient (Wildman–Crippen LogP) is 1.52. The van der Waals surface area contributed by atoms with Gasteiger partial charge in [-0.2, -0.15) is 5.10 Å². The molecule has 3 saturated heterocycles. The van der Waals surface area contributed by atoms with Gasteiger partial charge in [-0.05, 0) is 33.6 Å². The Labute approximate surface area is 124 Å². The summed E-state index contributed by atoms with van der Waals surface area (Å²) in [6.45, 7) is 8.54. The van der Waals surface area contributed by atoms with Crippen molar-refractivity contribution in [1.82, 2.24) is 25.1 Å². The number of piperazine rings is 1. The van der Waals surface area contributed by atoms with Crippen LogP contribution in [-0.4, -0.2) is 44.9 Å². The van der Waals surface area contributed by atoms with Crippen molar-refractivity contribution in [3.05, 3.63) is 12.5 Å². The van der Waals surface area contributed by atoms with Crippen molar-refractivity contribution in [1.29, 1.82) is 0 Å². The average Bonchev–Trinajstić information content (AvgIpc) is 2.92. The third-order valence-corrected chi connectivity index (χ3v) is 4.60. The van der Waals surface area contributed by atoms with Crippen LogP contribution >= 0.6 is 0 Å². The second-order valence-electron chi connectivity index (χ2n) is 7.15. The summed E-state index contributed by atoms with van der Waals surface area (Å²) in [5.41, 5.74) is 0.859. The summed E-state index contributed by atoms with van der Waals surface area (Å²) < 4.78 is 1.99. The van der Waals surface area contributed by atoms with E-state index < -0.39 is 0 Å². The highest BCUT2D eigenvalue weighted by Gasteiger charge is 2.35. The Morgan fingerprint density at radius 1 is 1.24 bits per heavy atom. The predicted molar refractivity (Wildman–Crippen MR) is 82.5 cm³/mol. The van der Waals surface area contributed by atoms with Crippen LogP contribution in [0.15, 0.2) is 12.5 Å². The van der Waals surface area contributed by atoms with E-state index in [4.69, 9.17) is 0 Å². The van der Waals surface area contributed by atoms with Crippen molar-refractivity contribution in [2.45, 2.75) is 51.2 Å². The molecule has 0 amide bonds. The fourth-order valence-electron chi connectivity index (χ4n) is 3.52. The summed E-state index contributed by atoms with van der Waals surface area (Å²) in [5, 5.41) is 9.22. The Bertz CT molecular complexity index is 662. The maximum atomic E-state index is 4.58. The Hall–Kier alpha value is -1.69. The summed E-state index contributed by atoms with van der Waals surface area (Å²) in [4.78, 5) is 11.5. The first-order valence-corrected chi connectivity index (χ1v) is 7.73. The van der Waals surface area contributed by atoms with Gasteiger partial charge in [-0.15, -0.1) is 0 Å². The van der Waals surface area contributed by atoms with E-state index in [2.05, 4.69) is 46.1 Å². The molecule has 3 aliphatic heterocycles. The number of piperidine rings is 2. The lowest BCUT2D eigenvalue weighted by Crippen LogP contribution is -2.61. The zero-order valence-corrected chi connectivity index (χ0v) is 12.9. The molecule has 5 rings (SSSR count). The quantitative estimate of drug-likeness (QED) is 0.861. The van der Waals surface area contributed by atoms with Crippen LogP contribution < -0.4 is 10.2 Å². The first-order chi connectivity index (χ1) is 10.0. The maximum absolute atomic E-state index is 4.58. The number of rotatable bonds is 1. The van der Waals surface area contributed by atoms with Gasteiger partial charge in [0.25, 0.3) is 0 Å². The molecule has 1 N–H and O–H groups in total. The molecule has 0 saturated carbocycles. The normalized spacial score (nSPS) is 25.8. The van der Waals surface area contributed by atoms with Gasteiger partial charge in [0, 0.05) is 25.2 Å². The average molecular weight is 286 g/mol. The van der Waals surface area contributed by atoms with Gasteiger partial charge in [0.05, 0.1) is 17.1 Å². The van der Waals surface area contributed by atoms with Gasteiger partial charge >= 0.3 is 0 Å². The summed E-state index contributed by atoms with van der Waals surface area (Å²) in [6, 6.07) is 1.14. The van der Waals surface area contributed by atoms with Crippen molar-refractivity contribution in [2.24, 2.45) is 0 Å². The largest absolute Gasteiger partial charge is 0.350 e. The number of hydrogen-bond acceptors (Lipinski definition) is 5. The van der Waals surface area contributed by atoms with E-state index in [1.165, 1.54) is 12.8 Å². The van der Waals surface area contributed by atoms with Gasteiger partial charge in [0.1, 0.15) is 12.1 Å². The van der Waals surface area contributed by atoms with Gasteiger partial charge in [-0.1, -0.05) is 0 Å². The summed E-state index contributed by atoms with van der Waals surface area (Å²) >= 11 is 0. The molecule has 2 aromatic rings. The van der Waals surface area contributed by atoms with Gasteiger partial charge in [0.15, 0.2) is 5.65 Å². The fraction of sp³-hybridized carbons (Fsp3) is 0.667. The van der Waals surface area contributed by atoms with Gasteiger partial charge in [-0.25, -0.2) is 14.6 Å². The lowest BCUT2D eigenvalue weighted by Gasteiger charge is -2.46. The molecular weight excluding hydrogens is 264 g/mol. The molecule has 3 fully saturated rings. The number of hydrogen-bond donors (Lipinski definition) is 1. The van der Waals surface area contributed by atoms with E-state index in [0.29, 0.717) is 12.1 Å². The minimum Gasteiger partial charge on any atom is -0.350 e. The van der Waals surface area contributed by atoms with Crippen LogP contribution in [-0.2, 0) is 5.54 Å². The van der Waals surface area contributed by atoms with E-state index >= 15 is 0 Å². The Morgan fingerprint density at radius 3 is 2.71 bits per heavy atom. The van der Waals surface area contributed by atoms with Crippen LogP contribution in [0.25, 0.3) is 11.0 Å². The minimum atomic E-state index is -0.0736. The van der Waals surface area contributed by atoms with Crippen LogP contribution in [0.5, 0.6) is 0 Å². The molecule has 0 aliphatic carbocycles. The van der Waals surface area contributed by atoms with Crippen molar-refractivity contribution in [2.75, 3.05) is 18.0 Å². The molecule has 0 spiro atoms. The third-order valence-electron chi connectivity index (χ3n) is 4.60. The molecule has 2 bridgehead atoms. The zero-order chi connectivity index (χ0) is 14.6. The van der Waals surface area contributed by atoms with E-state index in [-0.39, 0.29) is 5.54 Å². The third kappa shape index (κ3) is 2.00. The second kappa shape index (κ2) is 4.40. The van der Waals surface area contributed by atoms with Crippen LogP contribution in [0.4, 0.5) is 5.82 Å². The maximum Gasteiger partial charge on any atom is 0.163 e. The Balaban J connectivity index is 1.81. The van der Waals surface area contributed by atoms with Crippen LogP contribution in [0.3, 0.4) is 0 Å². The molecule has 6 nitrogen and oxygen atoms in total. The fourth-order valence-corrected chi connectivity index (χ4v) is 3.52. The highest BCUT2D eigenvalue weighted by Crippen LogP contribution is 2.32. The van der Waals surface area contributed by atoms with Crippen molar-refractivity contribution in [3.63, 3.8) is 0 Å². The van der Waals surface area contributed by atoms with Gasteiger partial charge in [-0.3, -0.25) is 0 Å². The van der Waals surface area contributed by atoms with E-state index in [1.807, 2.05) is 10.9 Å². The molecular formula is C15H22N6. The molecule has 0 aromatic carbocycles. The Kier molecular flexibility index (Phi) is 2.73. The van der Waals surface area contributed by atoms with Crippen molar-refractivity contribution in [3.8, 4) is 0 Å². The summed E-state index contributed by atoms with van der Waals surface area (Å²) in [5.74, 6) is 1.05. The highest BCUT2D eigenvalue weighted by molar-refractivity contribution is 5.87. The van der Waals surface area contributed by atoms with Crippen molar-refractivity contribution >= 4 is 16.9 Å². The zero-order valence-electron chi connectivity index (χ0n) is 12.9. The molecule has 5 heterocycles. The van der Waals surface area contributed by atoms with Crippen LogP contribution in [0.2, 0.25) is 0 Å². The number of aromatic nitrogens is 4. The molecule has 2 unspecified atom stereocenters. The number of fused-ring (bicyclic) bond motifs is 4. The molecule has 0 radical (unpaired) electrons. The minimum absolute atomic E-state index is 0.0736. The summed E-state index contributed by atoms with van der Waals surface area (Å²) in [7, 11) is 0.